The lowest BCUT2D eigenvalue weighted by atomic mass is 9.88. The quantitative estimate of drug-likeness (QED) is 0.718. The van der Waals surface area contributed by atoms with Gasteiger partial charge in [-0.2, -0.15) is 0 Å². The average Bonchev–Trinajstić information content (AvgIpc) is 2.90. The number of carboxylic acids is 1. The van der Waals surface area contributed by atoms with Crippen molar-refractivity contribution >= 4 is 5.97 Å². The first kappa shape index (κ1) is 12.9. The van der Waals surface area contributed by atoms with Gasteiger partial charge in [0.15, 0.2) is 0 Å². The molecule has 17 heavy (non-hydrogen) atoms. The van der Waals surface area contributed by atoms with Crippen LogP contribution in [0.15, 0.2) is 0 Å². The van der Waals surface area contributed by atoms with Crippen LogP contribution in [0.3, 0.4) is 0 Å². The van der Waals surface area contributed by atoms with Gasteiger partial charge in [0, 0.05) is 0 Å². The number of unbranched alkanes of at least 4 members (excludes halogenated alkanes) is 1. The molecule has 3 heteroatoms. The molecule has 0 aromatic heterocycles. The average molecular weight is 239 g/mol. The Morgan fingerprint density at radius 1 is 1.41 bits per heavy atom. The summed E-state index contributed by atoms with van der Waals surface area (Å²) >= 11 is 0. The number of nitrogens with one attached hydrogen (secondary N) is 1. The van der Waals surface area contributed by atoms with Crippen LogP contribution in [0.5, 0.6) is 0 Å². The summed E-state index contributed by atoms with van der Waals surface area (Å²) in [4.78, 5) is 11.1. The second-order valence-electron chi connectivity index (χ2n) is 5.88. The lowest BCUT2D eigenvalue weighted by molar-refractivity contribution is -0.139. The summed E-state index contributed by atoms with van der Waals surface area (Å²) in [5.74, 6) is 1.90. The topological polar surface area (TPSA) is 49.3 Å². The van der Waals surface area contributed by atoms with Crippen LogP contribution < -0.4 is 5.32 Å². The normalized spacial score (nSPS) is 32.9. The predicted octanol–water partition coefficient (Wildman–Crippen LogP) is 2.66. The van der Waals surface area contributed by atoms with Crippen molar-refractivity contribution in [2.75, 3.05) is 6.54 Å². The summed E-state index contributed by atoms with van der Waals surface area (Å²) in [6.45, 7) is 3.02. The smallest absolute Gasteiger partial charge is 0.320 e. The van der Waals surface area contributed by atoms with E-state index < -0.39 is 5.97 Å². The summed E-state index contributed by atoms with van der Waals surface area (Å²) in [5, 5.41) is 12.4. The van der Waals surface area contributed by atoms with Crippen molar-refractivity contribution < 1.29 is 9.90 Å². The maximum absolute atomic E-state index is 11.1. The molecule has 0 aromatic carbocycles. The Kier molecular flexibility index (Phi) is 4.43. The number of hydrogen-bond acceptors (Lipinski definition) is 2. The second-order valence-corrected chi connectivity index (χ2v) is 5.88. The van der Waals surface area contributed by atoms with Gasteiger partial charge in [-0.1, -0.05) is 26.2 Å². The van der Waals surface area contributed by atoms with Crippen LogP contribution >= 0.6 is 0 Å². The van der Waals surface area contributed by atoms with Gasteiger partial charge < -0.3 is 10.4 Å². The molecule has 0 amide bonds. The fourth-order valence-corrected chi connectivity index (χ4v) is 3.64. The standard InChI is InChI=1S/C14H25NO2/c1-2-3-4-13(14(16)17)15-9-12-8-10-5-6-11(12)7-10/h10-13,15H,2-9H2,1H3,(H,16,17)/t10?,11?,12?,13-/m0/s1. The van der Waals surface area contributed by atoms with Crippen molar-refractivity contribution in [1.82, 2.24) is 5.32 Å². The second kappa shape index (κ2) is 5.85. The summed E-state index contributed by atoms with van der Waals surface area (Å²) in [7, 11) is 0. The molecular formula is C14H25NO2. The minimum absolute atomic E-state index is 0.325. The van der Waals surface area contributed by atoms with Gasteiger partial charge in [0.2, 0.25) is 0 Å². The largest absolute Gasteiger partial charge is 0.480 e. The Balaban J connectivity index is 1.73. The third kappa shape index (κ3) is 3.21. The minimum atomic E-state index is -0.679. The Morgan fingerprint density at radius 2 is 2.24 bits per heavy atom. The Hall–Kier alpha value is -0.570. The fraction of sp³-hybridized carbons (Fsp3) is 0.929. The molecule has 2 rings (SSSR count). The molecule has 2 N–H and O–H groups in total. The summed E-state index contributed by atoms with van der Waals surface area (Å²) in [5.41, 5.74) is 0. The van der Waals surface area contributed by atoms with Crippen molar-refractivity contribution in [2.45, 2.75) is 57.9 Å². The van der Waals surface area contributed by atoms with E-state index in [1.54, 1.807) is 0 Å². The van der Waals surface area contributed by atoms with E-state index in [9.17, 15) is 4.79 Å². The number of aliphatic carboxylic acids is 1. The molecule has 2 saturated carbocycles. The van der Waals surface area contributed by atoms with Crippen molar-refractivity contribution in [3.05, 3.63) is 0 Å². The summed E-state index contributed by atoms with van der Waals surface area (Å²) < 4.78 is 0. The Labute approximate surface area is 104 Å². The molecule has 0 heterocycles. The third-order valence-electron chi connectivity index (χ3n) is 4.66. The molecule has 3 nitrogen and oxygen atoms in total. The van der Waals surface area contributed by atoms with Crippen LogP contribution in [0.2, 0.25) is 0 Å². The summed E-state index contributed by atoms with van der Waals surface area (Å²) in [6.07, 6.45) is 8.37. The number of carboxylic acid groups (broad SMARTS) is 1. The van der Waals surface area contributed by atoms with Crippen molar-refractivity contribution in [2.24, 2.45) is 17.8 Å². The first-order chi connectivity index (χ1) is 8.20. The Morgan fingerprint density at radius 3 is 2.76 bits per heavy atom. The maximum Gasteiger partial charge on any atom is 0.320 e. The highest BCUT2D eigenvalue weighted by atomic mass is 16.4. The van der Waals surface area contributed by atoms with E-state index in [0.29, 0.717) is 0 Å². The molecule has 2 aliphatic rings. The van der Waals surface area contributed by atoms with E-state index in [0.717, 1.165) is 43.6 Å². The van der Waals surface area contributed by atoms with E-state index in [1.165, 1.54) is 25.7 Å². The van der Waals surface area contributed by atoms with Gasteiger partial charge in [0.05, 0.1) is 0 Å². The van der Waals surface area contributed by atoms with Gasteiger partial charge in [-0.05, 0) is 50.0 Å². The van der Waals surface area contributed by atoms with E-state index in [-0.39, 0.29) is 6.04 Å². The first-order valence-electron chi connectivity index (χ1n) is 7.17. The number of hydrogen-bond donors (Lipinski definition) is 2. The Bertz CT molecular complexity index is 267. The van der Waals surface area contributed by atoms with Gasteiger partial charge in [0.25, 0.3) is 0 Å². The van der Waals surface area contributed by atoms with E-state index >= 15 is 0 Å². The molecule has 2 aliphatic carbocycles. The van der Waals surface area contributed by atoms with E-state index in [4.69, 9.17) is 5.11 Å². The SMILES string of the molecule is CCCC[C@H](NCC1CC2CCC1C2)C(=O)O. The summed E-state index contributed by atoms with van der Waals surface area (Å²) in [6, 6.07) is -0.325. The van der Waals surface area contributed by atoms with Crippen LogP contribution in [-0.2, 0) is 4.79 Å². The predicted molar refractivity (Wildman–Crippen MR) is 67.9 cm³/mol. The van der Waals surface area contributed by atoms with Gasteiger partial charge >= 0.3 is 5.97 Å². The van der Waals surface area contributed by atoms with Crippen LogP contribution in [0.1, 0.15) is 51.9 Å². The number of rotatable bonds is 7. The lowest BCUT2D eigenvalue weighted by Crippen LogP contribution is -2.40. The van der Waals surface area contributed by atoms with Crippen LogP contribution in [0, 0.1) is 17.8 Å². The van der Waals surface area contributed by atoms with Crippen LogP contribution in [-0.4, -0.2) is 23.7 Å². The van der Waals surface area contributed by atoms with Gasteiger partial charge in [-0.15, -0.1) is 0 Å². The molecular weight excluding hydrogens is 214 g/mol. The molecule has 3 unspecified atom stereocenters. The molecule has 0 aliphatic heterocycles. The molecule has 98 valence electrons. The zero-order valence-corrected chi connectivity index (χ0v) is 10.8. The molecule has 0 spiro atoms. The number of carbonyl (C=O) groups is 1. The maximum atomic E-state index is 11.1. The monoisotopic (exact) mass is 239 g/mol. The molecule has 0 radical (unpaired) electrons. The molecule has 0 aromatic rings. The fourth-order valence-electron chi connectivity index (χ4n) is 3.64. The highest BCUT2D eigenvalue weighted by Crippen LogP contribution is 2.47. The van der Waals surface area contributed by atoms with Gasteiger partial charge in [0.1, 0.15) is 6.04 Å². The zero-order valence-electron chi connectivity index (χ0n) is 10.8. The highest BCUT2D eigenvalue weighted by molar-refractivity contribution is 5.73. The van der Waals surface area contributed by atoms with Crippen molar-refractivity contribution in [3.8, 4) is 0 Å². The third-order valence-corrected chi connectivity index (χ3v) is 4.66. The minimum Gasteiger partial charge on any atom is -0.480 e. The van der Waals surface area contributed by atoms with Gasteiger partial charge in [-0.25, -0.2) is 0 Å². The van der Waals surface area contributed by atoms with Crippen LogP contribution in [0.4, 0.5) is 0 Å². The van der Waals surface area contributed by atoms with Crippen LogP contribution in [0.25, 0.3) is 0 Å². The van der Waals surface area contributed by atoms with Crippen molar-refractivity contribution in [3.63, 3.8) is 0 Å². The molecule has 2 fully saturated rings. The number of fused-ring (bicyclic) bond motifs is 2. The molecule has 0 saturated heterocycles. The van der Waals surface area contributed by atoms with Gasteiger partial charge in [-0.3, -0.25) is 4.79 Å². The lowest BCUT2D eigenvalue weighted by Gasteiger charge is -2.24. The first-order valence-corrected chi connectivity index (χ1v) is 7.17. The van der Waals surface area contributed by atoms with Crippen molar-refractivity contribution in [1.29, 1.82) is 0 Å². The van der Waals surface area contributed by atoms with E-state index in [1.807, 2.05) is 0 Å². The molecule has 2 bridgehead atoms. The van der Waals surface area contributed by atoms with E-state index in [2.05, 4.69) is 12.2 Å². The zero-order chi connectivity index (χ0) is 12.3. The highest BCUT2D eigenvalue weighted by Gasteiger charge is 2.39. The molecule has 4 atom stereocenters.